The van der Waals surface area contributed by atoms with Gasteiger partial charge in [0.25, 0.3) is 0 Å². The van der Waals surface area contributed by atoms with Gasteiger partial charge in [-0.15, -0.1) is 0 Å². The molecule has 0 aromatic carbocycles. The normalized spacial score (nSPS) is 18.0. The molecule has 0 unspecified atom stereocenters. The average Bonchev–Trinajstić information content (AvgIpc) is 3.03. The van der Waals surface area contributed by atoms with E-state index in [1.807, 2.05) is 20.8 Å². The van der Waals surface area contributed by atoms with Crippen LogP contribution in [0.3, 0.4) is 0 Å². The third kappa shape index (κ3) is 3.90. The summed E-state index contributed by atoms with van der Waals surface area (Å²) in [4.78, 5) is 36.2. The molecule has 3 rings (SSSR count). The molecule has 0 spiro atoms. The Morgan fingerprint density at radius 2 is 1.96 bits per heavy atom. The molecular formula is C17H22ClN5O3. The molecule has 3 heterocycles. The summed E-state index contributed by atoms with van der Waals surface area (Å²) in [5, 5.41) is -0.648. The molecule has 0 aliphatic carbocycles. The molecule has 1 atom stereocenters. The average molecular weight is 380 g/mol. The molecule has 2 amide bonds. The zero-order valence-corrected chi connectivity index (χ0v) is 15.8. The number of piperidine rings is 1. The molecule has 9 heteroatoms. The first-order valence-electron chi connectivity index (χ1n) is 8.50. The van der Waals surface area contributed by atoms with Crippen LogP contribution in [0.1, 0.15) is 33.6 Å². The second-order valence-corrected chi connectivity index (χ2v) is 7.58. The summed E-state index contributed by atoms with van der Waals surface area (Å²) >= 11 is 5.89. The number of fused-ring (bicyclic) bond motifs is 1. The summed E-state index contributed by atoms with van der Waals surface area (Å²) in [6.07, 6.45) is 7.79. The van der Waals surface area contributed by atoms with Crippen LogP contribution in [0.15, 0.2) is 24.8 Å². The van der Waals surface area contributed by atoms with Gasteiger partial charge in [0, 0.05) is 37.9 Å². The summed E-state index contributed by atoms with van der Waals surface area (Å²) in [6, 6.07) is -0.295. The predicted octanol–water partition coefficient (Wildman–Crippen LogP) is 3.29. The Bertz CT molecular complexity index is 816. The van der Waals surface area contributed by atoms with Crippen molar-refractivity contribution in [3.8, 4) is 0 Å². The topological polar surface area (TPSA) is 80.0 Å². The smallest absolute Gasteiger partial charge is 0.410 e. The fraction of sp³-hybridized carbons (Fsp3) is 0.529. The van der Waals surface area contributed by atoms with E-state index in [2.05, 4.69) is 9.97 Å². The molecule has 8 nitrogen and oxygen atoms in total. The van der Waals surface area contributed by atoms with Gasteiger partial charge in [-0.3, -0.25) is 9.69 Å². The molecule has 26 heavy (non-hydrogen) atoms. The molecule has 1 aliphatic heterocycles. The Kier molecular flexibility index (Phi) is 5.04. The Morgan fingerprint density at radius 3 is 2.62 bits per heavy atom. The van der Waals surface area contributed by atoms with E-state index in [0.717, 1.165) is 6.42 Å². The number of ether oxygens (including phenoxy) is 1. The summed E-state index contributed by atoms with van der Waals surface area (Å²) in [5.74, 6) is 0.383. The third-order valence-electron chi connectivity index (χ3n) is 4.12. The number of rotatable bonds is 2. The van der Waals surface area contributed by atoms with E-state index in [0.29, 0.717) is 31.0 Å². The zero-order valence-electron chi connectivity index (χ0n) is 15.1. The lowest BCUT2D eigenvalue weighted by molar-refractivity contribution is 0.0200. The van der Waals surface area contributed by atoms with Crippen molar-refractivity contribution in [3.63, 3.8) is 0 Å². The minimum Gasteiger partial charge on any atom is -0.444 e. The number of likely N-dealkylation sites (tertiary alicyclic amines) is 1. The maximum atomic E-state index is 12.4. The molecule has 2 aromatic rings. The first-order chi connectivity index (χ1) is 12.3. The molecule has 0 saturated carbocycles. The summed E-state index contributed by atoms with van der Waals surface area (Å²) < 4.78 is 7.22. The lowest BCUT2D eigenvalue weighted by Gasteiger charge is -2.38. The highest BCUT2D eigenvalue weighted by Crippen LogP contribution is 2.26. The highest BCUT2D eigenvalue weighted by atomic mass is 35.5. The van der Waals surface area contributed by atoms with Gasteiger partial charge in [0.1, 0.15) is 5.60 Å². The minimum absolute atomic E-state index is 0.295. The highest BCUT2D eigenvalue weighted by molar-refractivity contribution is 6.66. The van der Waals surface area contributed by atoms with E-state index in [1.165, 1.54) is 4.90 Å². The van der Waals surface area contributed by atoms with Gasteiger partial charge in [-0.05, 0) is 45.2 Å². The largest absolute Gasteiger partial charge is 0.444 e. The molecule has 2 aromatic heterocycles. The van der Waals surface area contributed by atoms with Gasteiger partial charge in [0.2, 0.25) is 0 Å². The Morgan fingerprint density at radius 1 is 1.27 bits per heavy atom. The summed E-state index contributed by atoms with van der Waals surface area (Å²) in [6.45, 7) is 6.38. The van der Waals surface area contributed by atoms with Crippen LogP contribution in [0.2, 0.25) is 0 Å². The fourth-order valence-corrected chi connectivity index (χ4v) is 3.29. The van der Waals surface area contributed by atoms with Crippen molar-refractivity contribution in [1.29, 1.82) is 0 Å². The van der Waals surface area contributed by atoms with Gasteiger partial charge in [0.05, 0.1) is 6.04 Å². The number of nitrogens with zero attached hydrogens (tertiary/aromatic N) is 5. The quantitative estimate of drug-likeness (QED) is 0.590. The van der Waals surface area contributed by atoms with Crippen molar-refractivity contribution in [2.75, 3.05) is 18.0 Å². The van der Waals surface area contributed by atoms with Crippen molar-refractivity contribution in [1.82, 2.24) is 19.3 Å². The highest BCUT2D eigenvalue weighted by Gasteiger charge is 2.34. The van der Waals surface area contributed by atoms with Crippen LogP contribution >= 0.6 is 11.6 Å². The summed E-state index contributed by atoms with van der Waals surface area (Å²) in [5.41, 5.74) is -0.0365. The van der Waals surface area contributed by atoms with E-state index in [4.69, 9.17) is 16.3 Å². The first kappa shape index (κ1) is 18.4. The molecule has 0 N–H and O–H groups in total. The van der Waals surface area contributed by atoms with Crippen LogP contribution in [0.4, 0.5) is 15.4 Å². The van der Waals surface area contributed by atoms with Gasteiger partial charge in [0.15, 0.2) is 11.5 Å². The van der Waals surface area contributed by atoms with Crippen molar-refractivity contribution < 1.29 is 14.3 Å². The molecule has 1 saturated heterocycles. The zero-order chi connectivity index (χ0) is 18.9. The van der Waals surface area contributed by atoms with Gasteiger partial charge in [-0.1, -0.05) is 0 Å². The van der Waals surface area contributed by atoms with E-state index in [-0.39, 0.29) is 6.04 Å². The van der Waals surface area contributed by atoms with E-state index in [1.54, 1.807) is 34.1 Å². The van der Waals surface area contributed by atoms with Crippen LogP contribution in [-0.2, 0) is 4.74 Å². The molecule has 0 radical (unpaired) electrons. The number of aromatic nitrogens is 3. The Labute approximate surface area is 156 Å². The van der Waals surface area contributed by atoms with Crippen LogP contribution in [0, 0.1) is 0 Å². The monoisotopic (exact) mass is 379 g/mol. The van der Waals surface area contributed by atoms with Crippen LogP contribution in [0.25, 0.3) is 5.65 Å². The second kappa shape index (κ2) is 7.11. The standard InChI is InChI=1S/C17H22ClN5O3/c1-17(2,3)26-16(25)22-8-4-5-12(11-22)23(15(18)24)14-13-19-6-9-21(13)10-7-20-14/h6-7,9-10,12H,4-5,8,11H2,1-3H3/t12-/m1/s1. The number of hydrogen-bond acceptors (Lipinski definition) is 5. The van der Waals surface area contributed by atoms with E-state index >= 15 is 0 Å². The molecule has 0 bridgehead atoms. The van der Waals surface area contributed by atoms with Gasteiger partial charge in [-0.2, -0.15) is 0 Å². The maximum absolute atomic E-state index is 12.4. The summed E-state index contributed by atoms with van der Waals surface area (Å²) in [7, 11) is 0. The number of hydrogen-bond donors (Lipinski definition) is 0. The van der Waals surface area contributed by atoms with Gasteiger partial charge in [-0.25, -0.2) is 14.8 Å². The number of imidazole rings is 1. The third-order valence-corrected chi connectivity index (χ3v) is 4.31. The Hall–Kier alpha value is -2.35. The first-order valence-corrected chi connectivity index (χ1v) is 8.88. The van der Waals surface area contributed by atoms with E-state index < -0.39 is 17.1 Å². The van der Waals surface area contributed by atoms with Crippen LogP contribution in [-0.4, -0.2) is 55.5 Å². The minimum atomic E-state index is -0.648. The number of anilines is 1. The van der Waals surface area contributed by atoms with Crippen LogP contribution < -0.4 is 4.90 Å². The fourth-order valence-electron chi connectivity index (χ4n) is 3.07. The predicted molar refractivity (Wildman–Crippen MR) is 97.5 cm³/mol. The van der Waals surface area contributed by atoms with Crippen molar-refractivity contribution in [2.24, 2.45) is 0 Å². The lowest BCUT2D eigenvalue weighted by Crippen LogP contribution is -2.52. The molecule has 1 fully saturated rings. The lowest BCUT2D eigenvalue weighted by atomic mass is 10.0. The maximum Gasteiger partial charge on any atom is 0.410 e. The van der Waals surface area contributed by atoms with Crippen LogP contribution in [0.5, 0.6) is 0 Å². The number of carbonyl (C=O) groups excluding carboxylic acids is 2. The number of halogens is 1. The van der Waals surface area contributed by atoms with Crippen molar-refractivity contribution in [3.05, 3.63) is 24.8 Å². The number of amides is 2. The molecule has 1 aliphatic rings. The van der Waals surface area contributed by atoms with Crippen molar-refractivity contribution >= 4 is 34.5 Å². The SMILES string of the molecule is CC(C)(C)OC(=O)N1CCC[C@@H](N(C(=O)Cl)c2nccn3ccnc23)C1. The second-order valence-electron chi connectivity index (χ2n) is 7.25. The Balaban J connectivity index is 1.86. The molecule has 140 valence electrons. The molecular weight excluding hydrogens is 358 g/mol. The number of carbonyl (C=O) groups is 2. The van der Waals surface area contributed by atoms with Gasteiger partial charge < -0.3 is 14.0 Å². The van der Waals surface area contributed by atoms with E-state index in [9.17, 15) is 9.59 Å². The van der Waals surface area contributed by atoms with Gasteiger partial charge >= 0.3 is 11.5 Å². The van der Waals surface area contributed by atoms with Crippen molar-refractivity contribution in [2.45, 2.75) is 45.3 Å².